The van der Waals surface area contributed by atoms with Gasteiger partial charge in [-0.05, 0) is 29.7 Å². The molecule has 0 saturated heterocycles. The summed E-state index contributed by atoms with van der Waals surface area (Å²) in [7, 11) is -1.80. The Hall–Kier alpha value is -1.86. The Kier molecular flexibility index (Phi) is 4.34. The molecule has 0 saturated carbocycles. The number of carbonyl (C=O) groups excluding carboxylic acids is 1. The molecule has 1 aromatic carbocycles. The Morgan fingerprint density at radius 2 is 2.14 bits per heavy atom. The third-order valence-corrected chi connectivity index (χ3v) is 5.31. The second-order valence-corrected chi connectivity index (χ2v) is 7.66. The largest absolute Gasteiger partial charge is 0.348 e. The first-order valence-electron chi connectivity index (χ1n) is 6.19. The minimum Gasteiger partial charge on any atom is -0.348 e. The SMILES string of the molecule is C=CCNC(=O)c1cc2cc(N(C)S(C)(=O)=O)ccc2s1. The highest BCUT2D eigenvalue weighted by molar-refractivity contribution is 7.92. The average molecular weight is 324 g/mol. The predicted molar refractivity (Wildman–Crippen MR) is 87.6 cm³/mol. The van der Waals surface area contributed by atoms with Crippen LogP contribution < -0.4 is 9.62 Å². The number of carbonyl (C=O) groups is 1. The number of fused-ring (bicyclic) bond motifs is 1. The van der Waals surface area contributed by atoms with Crippen LogP contribution in [0.15, 0.2) is 36.9 Å². The fraction of sp³-hybridized carbons (Fsp3) is 0.214. The monoisotopic (exact) mass is 324 g/mol. The zero-order valence-corrected chi connectivity index (χ0v) is 13.4. The summed E-state index contributed by atoms with van der Waals surface area (Å²) in [5.41, 5.74) is 0.570. The first kappa shape index (κ1) is 15.5. The summed E-state index contributed by atoms with van der Waals surface area (Å²) in [6, 6.07) is 7.07. The average Bonchev–Trinajstić information content (AvgIpc) is 2.85. The number of benzene rings is 1. The van der Waals surface area contributed by atoms with Crippen LogP contribution in [0.25, 0.3) is 10.1 Å². The summed E-state index contributed by atoms with van der Waals surface area (Å²) in [5, 5.41) is 3.56. The van der Waals surface area contributed by atoms with Crippen LogP contribution in [0.5, 0.6) is 0 Å². The van der Waals surface area contributed by atoms with Crippen LogP contribution in [0.4, 0.5) is 5.69 Å². The normalized spacial score (nSPS) is 11.3. The molecule has 0 fully saturated rings. The summed E-state index contributed by atoms with van der Waals surface area (Å²) in [6.07, 6.45) is 2.77. The molecule has 112 valence electrons. The van der Waals surface area contributed by atoms with Gasteiger partial charge in [-0.15, -0.1) is 17.9 Å². The Morgan fingerprint density at radius 1 is 1.43 bits per heavy atom. The summed E-state index contributed by atoms with van der Waals surface area (Å²) in [4.78, 5) is 12.5. The maximum absolute atomic E-state index is 11.9. The minimum absolute atomic E-state index is 0.158. The molecule has 2 aromatic rings. The van der Waals surface area contributed by atoms with E-state index in [1.165, 1.54) is 22.7 Å². The van der Waals surface area contributed by atoms with E-state index in [1.807, 2.05) is 6.07 Å². The number of hydrogen-bond donors (Lipinski definition) is 1. The number of rotatable bonds is 5. The first-order chi connectivity index (χ1) is 9.82. The Morgan fingerprint density at radius 3 is 2.76 bits per heavy atom. The molecule has 0 radical (unpaired) electrons. The smallest absolute Gasteiger partial charge is 0.261 e. The lowest BCUT2D eigenvalue weighted by Gasteiger charge is -2.16. The fourth-order valence-electron chi connectivity index (χ4n) is 1.78. The van der Waals surface area contributed by atoms with Crippen molar-refractivity contribution in [3.8, 4) is 0 Å². The minimum atomic E-state index is -3.30. The molecule has 1 amide bonds. The lowest BCUT2D eigenvalue weighted by atomic mass is 10.2. The number of amides is 1. The van der Waals surface area contributed by atoms with Gasteiger partial charge in [0, 0.05) is 18.3 Å². The van der Waals surface area contributed by atoms with Gasteiger partial charge in [0.05, 0.1) is 16.8 Å². The molecule has 1 heterocycles. The highest BCUT2D eigenvalue weighted by Gasteiger charge is 2.14. The zero-order chi connectivity index (χ0) is 15.6. The highest BCUT2D eigenvalue weighted by atomic mass is 32.2. The predicted octanol–water partition coefficient (Wildman–Crippen LogP) is 2.21. The molecule has 0 atom stereocenters. The molecule has 0 spiro atoms. The summed E-state index contributed by atoms with van der Waals surface area (Å²) in [5.74, 6) is -0.158. The number of nitrogens with zero attached hydrogens (tertiary/aromatic N) is 1. The van der Waals surface area contributed by atoms with Gasteiger partial charge < -0.3 is 5.32 Å². The number of hydrogen-bond acceptors (Lipinski definition) is 4. The highest BCUT2D eigenvalue weighted by Crippen LogP contribution is 2.29. The second-order valence-electron chi connectivity index (χ2n) is 4.56. The van der Waals surface area contributed by atoms with Crippen LogP contribution >= 0.6 is 11.3 Å². The molecule has 7 heteroatoms. The van der Waals surface area contributed by atoms with Gasteiger partial charge in [0.2, 0.25) is 10.0 Å². The van der Waals surface area contributed by atoms with Crippen molar-refractivity contribution in [3.63, 3.8) is 0 Å². The Bertz CT molecular complexity index is 794. The van der Waals surface area contributed by atoms with Crippen LogP contribution in [0.1, 0.15) is 9.67 Å². The van der Waals surface area contributed by atoms with Gasteiger partial charge in [0.1, 0.15) is 0 Å². The van der Waals surface area contributed by atoms with E-state index < -0.39 is 10.0 Å². The van der Waals surface area contributed by atoms with Crippen LogP contribution in [-0.4, -0.2) is 34.2 Å². The lowest BCUT2D eigenvalue weighted by molar-refractivity contribution is 0.0962. The van der Waals surface area contributed by atoms with Gasteiger partial charge in [-0.3, -0.25) is 9.10 Å². The summed E-state index contributed by atoms with van der Waals surface area (Å²) in [6.45, 7) is 3.96. The van der Waals surface area contributed by atoms with Crippen molar-refractivity contribution in [3.05, 3.63) is 41.8 Å². The standard InChI is InChI=1S/C14H16N2O3S2/c1-4-7-15-14(17)13-9-10-8-11(5-6-12(10)20-13)16(2)21(3,18)19/h4-6,8-9H,1,7H2,2-3H3,(H,15,17). The number of nitrogens with one attached hydrogen (secondary N) is 1. The van der Waals surface area contributed by atoms with Crippen LogP contribution in [0.3, 0.4) is 0 Å². The molecule has 0 aliphatic rings. The van der Waals surface area contributed by atoms with E-state index in [0.29, 0.717) is 17.1 Å². The van der Waals surface area contributed by atoms with Crippen molar-refractivity contribution in [2.75, 3.05) is 24.2 Å². The van der Waals surface area contributed by atoms with E-state index >= 15 is 0 Å². The third kappa shape index (κ3) is 3.43. The van der Waals surface area contributed by atoms with E-state index in [4.69, 9.17) is 0 Å². The van der Waals surface area contributed by atoms with Gasteiger partial charge in [-0.2, -0.15) is 0 Å². The van der Waals surface area contributed by atoms with Crippen molar-refractivity contribution in [2.24, 2.45) is 0 Å². The third-order valence-electron chi connectivity index (χ3n) is 2.99. The van der Waals surface area contributed by atoms with E-state index in [0.717, 1.165) is 16.3 Å². The number of thiophene rings is 1. The molecule has 5 nitrogen and oxygen atoms in total. The van der Waals surface area contributed by atoms with Crippen molar-refractivity contribution in [2.45, 2.75) is 0 Å². The quantitative estimate of drug-likeness (QED) is 0.858. The summed E-state index contributed by atoms with van der Waals surface area (Å²) < 4.78 is 25.3. The van der Waals surface area contributed by atoms with Gasteiger partial charge in [-0.1, -0.05) is 6.08 Å². The van der Waals surface area contributed by atoms with Crippen LogP contribution in [0.2, 0.25) is 0 Å². The van der Waals surface area contributed by atoms with Crippen LogP contribution in [-0.2, 0) is 10.0 Å². The van der Waals surface area contributed by atoms with Crippen molar-refractivity contribution < 1.29 is 13.2 Å². The molecule has 0 aliphatic carbocycles. The van der Waals surface area contributed by atoms with E-state index in [2.05, 4.69) is 11.9 Å². The topological polar surface area (TPSA) is 66.5 Å². The maximum Gasteiger partial charge on any atom is 0.261 e. The van der Waals surface area contributed by atoms with E-state index in [1.54, 1.807) is 24.3 Å². The van der Waals surface area contributed by atoms with Crippen molar-refractivity contribution in [1.82, 2.24) is 5.32 Å². The lowest BCUT2D eigenvalue weighted by Crippen LogP contribution is -2.24. The Balaban J connectivity index is 2.36. The zero-order valence-electron chi connectivity index (χ0n) is 11.8. The maximum atomic E-state index is 11.9. The first-order valence-corrected chi connectivity index (χ1v) is 8.86. The fourth-order valence-corrected chi connectivity index (χ4v) is 3.24. The van der Waals surface area contributed by atoms with E-state index in [9.17, 15) is 13.2 Å². The molecule has 0 bridgehead atoms. The summed E-state index contributed by atoms with van der Waals surface area (Å²) >= 11 is 1.37. The molecule has 1 aromatic heterocycles. The molecule has 2 rings (SSSR count). The molecule has 1 N–H and O–H groups in total. The number of anilines is 1. The molecular formula is C14H16N2O3S2. The van der Waals surface area contributed by atoms with Crippen LogP contribution in [0, 0.1) is 0 Å². The van der Waals surface area contributed by atoms with Gasteiger partial charge in [-0.25, -0.2) is 8.42 Å². The van der Waals surface area contributed by atoms with Crippen molar-refractivity contribution >= 4 is 43.0 Å². The Labute approximate surface area is 127 Å². The molecule has 21 heavy (non-hydrogen) atoms. The van der Waals surface area contributed by atoms with Gasteiger partial charge in [0.15, 0.2) is 0 Å². The number of sulfonamides is 1. The molecule has 0 aliphatic heterocycles. The molecular weight excluding hydrogens is 308 g/mol. The molecule has 0 unspecified atom stereocenters. The van der Waals surface area contributed by atoms with Gasteiger partial charge in [0.25, 0.3) is 5.91 Å². The van der Waals surface area contributed by atoms with Crippen molar-refractivity contribution in [1.29, 1.82) is 0 Å². The second kappa shape index (κ2) is 5.87. The van der Waals surface area contributed by atoms with E-state index in [-0.39, 0.29) is 5.91 Å². The van der Waals surface area contributed by atoms with Gasteiger partial charge >= 0.3 is 0 Å².